The number of hydrogen-bond acceptors (Lipinski definition) is 13. The molecule has 1 aliphatic carbocycles. The zero-order chi connectivity index (χ0) is 56.7. The lowest BCUT2D eigenvalue weighted by atomic mass is 9.85. The van der Waals surface area contributed by atoms with Gasteiger partial charge in [0.15, 0.2) is 0 Å². The fraction of sp³-hybridized carbons (Fsp3) is 0.476. The van der Waals surface area contributed by atoms with Crippen molar-refractivity contribution in [3.8, 4) is 21.6 Å². The molecule has 3 saturated heterocycles. The van der Waals surface area contributed by atoms with Crippen molar-refractivity contribution < 1.29 is 38.3 Å². The van der Waals surface area contributed by atoms with E-state index in [1.165, 1.54) is 10.5 Å². The number of aryl methyl sites for hydroxylation is 3. The number of thiazole rings is 1. The molecule has 426 valence electrons. The van der Waals surface area contributed by atoms with Gasteiger partial charge in [0.05, 0.1) is 75.3 Å². The third kappa shape index (κ3) is 11.9. The predicted octanol–water partition coefficient (Wildman–Crippen LogP) is 9.02. The molecule has 0 spiro atoms. The molecule has 3 aliphatic heterocycles. The van der Waals surface area contributed by atoms with Crippen molar-refractivity contribution in [3.63, 3.8) is 0 Å². The lowest BCUT2D eigenvalue weighted by Crippen LogP contribution is -2.59. The number of piperidine rings is 1. The lowest BCUT2D eigenvalue weighted by Gasteiger charge is -2.40. The first-order valence-corrected chi connectivity index (χ1v) is 29.6. The number of benzene rings is 3. The van der Waals surface area contributed by atoms with Crippen molar-refractivity contribution >= 4 is 56.9 Å². The molecule has 0 unspecified atom stereocenters. The van der Waals surface area contributed by atoms with Crippen molar-refractivity contribution in [3.05, 3.63) is 124 Å². The minimum Gasteiger partial charge on any atom is -0.391 e. The van der Waals surface area contributed by atoms with Crippen LogP contribution < -0.4 is 16.0 Å². The summed E-state index contributed by atoms with van der Waals surface area (Å²) >= 11 is 1.58. The van der Waals surface area contributed by atoms with Crippen LogP contribution in [0.1, 0.15) is 123 Å². The average Bonchev–Trinajstić information content (AvgIpc) is 4.40. The third-order valence-corrected chi connectivity index (χ3v) is 18.1. The van der Waals surface area contributed by atoms with E-state index in [1.807, 2.05) is 109 Å². The van der Waals surface area contributed by atoms with Gasteiger partial charge in [-0.1, -0.05) is 80.5 Å². The molecule has 0 radical (unpaired) electrons. The molecule has 7 heterocycles. The van der Waals surface area contributed by atoms with Crippen LogP contribution >= 0.6 is 11.3 Å². The highest BCUT2D eigenvalue weighted by molar-refractivity contribution is 7.13. The van der Waals surface area contributed by atoms with E-state index in [9.17, 15) is 24.3 Å². The Balaban J connectivity index is 0.684. The van der Waals surface area contributed by atoms with Crippen LogP contribution in [-0.4, -0.2) is 134 Å². The van der Waals surface area contributed by atoms with Crippen LogP contribution in [0.25, 0.3) is 43.5 Å². The highest BCUT2D eigenvalue weighted by Gasteiger charge is 2.45. The summed E-state index contributed by atoms with van der Waals surface area (Å²) in [6.45, 7) is 16.2. The summed E-state index contributed by atoms with van der Waals surface area (Å²) < 4.78 is 20.4. The number of amides is 4. The Bertz CT molecular complexity index is 3380. The van der Waals surface area contributed by atoms with Crippen LogP contribution in [0.5, 0.6) is 0 Å². The van der Waals surface area contributed by atoms with E-state index in [4.69, 9.17) is 19.0 Å². The van der Waals surface area contributed by atoms with Gasteiger partial charge in [-0.25, -0.2) is 4.98 Å². The number of pyridine rings is 1. The number of aliphatic hydroxyl groups excluding tert-OH is 1. The highest BCUT2D eigenvalue weighted by Crippen LogP contribution is 2.42. The number of hydrogen-bond donors (Lipinski definition) is 4. The molecule has 18 heteroatoms. The van der Waals surface area contributed by atoms with Crippen LogP contribution in [-0.2, 0) is 23.9 Å². The Morgan fingerprint density at radius 3 is 2.25 bits per heavy atom. The molecule has 4 amide bonds. The molecule has 11 rings (SSSR count). The minimum atomic E-state index is -0.923. The molecule has 4 N–H and O–H groups in total. The summed E-state index contributed by atoms with van der Waals surface area (Å²) in [6.07, 6.45) is 5.92. The molecule has 5 atom stereocenters. The minimum absolute atomic E-state index is 0.000352. The van der Waals surface area contributed by atoms with Gasteiger partial charge in [0.2, 0.25) is 17.7 Å². The first-order valence-electron chi connectivity index (χ1n) is 28.7. The Labute approximate surface area is 477 Å². The number of rotatable bonds is 16. The number of nitrogens with one attached hydrogen (secondary N) is 3. The van der Waals surface area contributed by atoms with Crippen LogP contribution in [0, 0.1) is 32.1 Å². The maximum absolute atomic E-state index is 14.4. The number of ether oxygens (including phenoxy) is 2. The summed E-state index contributed by atoms with van der Waals surface area (Å²) in [5.41, 5.74) is 11.3. The van der Waals surface area contributed by atoms with Gasteiger partial charge in [0.25, 0.3) is 5.91 Å². The molecule has 0 bridgehead atoms. The van der Waals surface area contributed by atoms with Crippen molar-refractivity contribution in [1.29, 1.82) is 0 Å². The summed E-state index contributed by atoms with van der Waals surface area (Å²) in [7, 11) is 0. The Kier molecular flexibility index (Phi) is 16.3. The van der Waals surface area contributed by atoms with Crippen LogP contribution in [0.15, 0.2) is 95.1 Å². The highest BCUT2D eigenvalue weighted by atomic mass is 32.1. The number of likely N-dealkylation sites (tertiary alicyclic amines) is 2. The Morgan fingerprint density at radius 2 is 1.57 bits per heavy atom. The van der Waals surface area contributed by atoms with Crippen LogP contribution in [0.2, 0.25) is 0 Å². The van der Waals surface area contributed by atoms with Gasteiger partial charge in [-0.15, -0.1) is 11.3 Å². The molecule has 4 aromatic heterocycles. The molecule has 1 saturated carbocycles. The number of β-amino-alcohol motifs (C(OH)–C–C–N with tert-alkyl or cyclic N) is 1. The number of aromatic nitrogens is 4. The second-order valence-corrected chi connectivity index (χ2v) is 24.8. The Hall–Kier alpha value is -6.83. The van der Waals surface area contributed by atoms with Gasteiger partial charge >= 0.3 is 0 Å². The fourth-order valence-electron chi connectivity index (χ4n) is 12.7. The van der Waals surface area contributed by atoms with Crippen molar-refractivity contribution in [2.75, 3.05) is 39.4 Å². The van der Waals surface area contributed by atoms with Crippen molar-refractivity contribution in [2.24, 2.45) is 11.3 Å². The van der Waals surface area contributed by atoms with Crippen molar-refractivity contribution in [2.45, 2.75) is 142 Å². The van der Waals surface area contributed by atoms with Gasteiger partial charge in [-0.2, -0.15) is 0 Å². The quantitative estimate of drug-likeness (QED) is 0.0716. The van der Waals surface area contributed by atoms with Crippen LogP contribution in [0.4, 0.5) is 0 Å². The zero-order valence-corrected chi connectivity index (χ0v) is 48.3. The number of fused-ring (bicyclic) bond motifs is 3. The molecule has 7 aromatic rings. The number of nitrogens with zero attached hydrogens (tertiary/aromatic N) is 6. The first-order chi connectivity index (χ1) is 39.0. The molecule has 81 heavy (non-hydrogen) atoms. The summed E-state index contributed by atoms with van der Waals surface area (Å²) in [5, 5.41) is 25.4. The lowest BCUT2D eigenvalue weighted by molar-refractivity contribution is -0.144. The average molecular weight is 1120 g/mol. The number of aliphatic hydroxyl groups is 1. The second kappa shape index (κ2) is 23.6. The molecular formula is C63H75N9O8S. The summed E-state index contributed by atoms with van der Waals surface area (Å²) in [5.74, 6) is -0.113. The van der Waals surface area contributed by atoms with E-state index in [-0.39, 0.29) is 67.6 Å². The molecular weight excluding hydrogens is 1040 g/mol. The normalized spacial score (nSPS) is 21.4. The summed E-state index contributed by atoms with van der Waals surface area (Å²) in [4.78, 5) is 70.2. The van der Waals surface area contributed by atoms with E-state index >= 15 is 0 Å². The smallest absolute Gasteiger partial charge is 0.251 e. The monoisotopic (exact) mass is 1120 g/mol. The first kappa shape index (κ1) is 56.1. The fourth-order valence-corrected chi connectivity index (χ4v) is 13.5. The van der Waals surface area contributed by atoms with E-state index in [2.05, 4.69) is 65.9 Å². The predicted molar refractivity (Wildman–Crippen MR) is 312 cm³/mol. The van der Waals surface area contributed by atoms with Gasteiger partial charge in [0.1, 0.15) is 17.8 Å². The molecule has 4 fully saturated rings. The van der Waals surface area contributed by atoms with E-state index in [0.29, 0.717) is 50.6 Å². The van der Waals surface area contributed by atoms with Crippen LogP contribution in [0.3, 0.4) is 0 Å². The number of carbonyl (C=O) groups is 4. The van der Waals surface area contributed by atoms with E-state index < -0.39 is 29.5 Å². The van der Waals surface area contributed by atoms with Gasteiger partial charge < -0.3 is 44.5 Å². The topological polar surface area (TPSA) is 206 Å². The standard InChI is InChI=1S/C63H75N9O8S/c1-36(40-13-15-43(16-14-40)58-38(3)65-35-81-58)66-61(76)53-31-47(73)33-71(53)62(77)59(63(5,6)7)68-54(74)34-70-23-19-48(20-24-70)79-49-29-46(30-49)67-60(75)44-17-18-50-51(27-44)72(57(41-11-9-8-10-12-41)42-21-25-78-26-22-42)52-28-45(32-64-56(50)52)55-37(2)69-80-39(55)4/h8-18,27-28,32,35-36,42,46-49,53,57,59,73H,19-26,29-31,33-34H2,1-7H3,(H,66,76)(H,67,75)(H,68,74)/t36-,46?,47+,49?,53-,57+,59+/m0/s1. The van der Waals surface area contributed by atoms with Gasteiger partial charge in [-0.3, -0.25) is 29.1 Å². The van der Waals surface area contributed by atoms with Gasteiger partial charge in [-0.05, 0) is 119 Å². The van der Waals surface area contributed by atoms with Crippen molar-refractivity contribution in [1.82, 2.24) is 45.4 Å². The SMILES string of the molecule is Cc1ncsc1-c1ccc([C@H](C)NC(=O)[C@@H]2C[C@@H](O)CN2C(=O)[C@@H](NC(=O)CN2CCC(OC3CC(NC(=O)c4ccc5c6ncc(-c7c(C)noc7C)cc6n([C@H](c6ccccc6)C6CCOCC6)c5c4)C3)CC2)C(C)(C)C)cc1. The second-order valence-electron chi connectivity index (χ2n) is 24.0. The Morgan fingerprint density at radius 1 is 0.827 bits per heavy atom. The largest absolute Gasteiger partial charge is 0.391 e. The third-order valence-electron chi connectivity index (χ3n) is 17.1. The van der Waals surface area contributed by atoms with E-state index in [0.717, 1.165) is 91.9 Å². The molecule has 17 nitrogen and oxygen atoms in total. The maximum Gasteiger partial charge on any atom is 0.251 e. The van der Waals surface area contributed by atoms with E-state index in [1.54, 1.807) is 11.3 Å². The maximum atomic E-state index is 14.4. The summed E-state index contributed by atoms with van der Waals surface area (Å²) in [6, 6.07) is 24.6. The zero-order valence-electron chi connectivity index (χ0n) is 47.4. The van der Waals surface area contributed by atoms with Gasteiger partial charge in [0, 0.05) is 73.6 Å². The number of carbonyl (C=O) groups excluding carboxylic acids is 4. The molecule has 4 aliphatic rings. The molecule has 3 aromatic carbocycles.